The molecule has 0 aliphatic carbocycles. The Labute approximate surface area is 414 Å². The molecule has 0 bridgehead atoms. The molecule has 29 heteroatoms. The number of rotatable bonds is 28. The van der Waals surface area contributed by atoms with Gasteiger partial charge in [-0.1, -0.05) is 29.7 Å². The molecule has 4 N–H and O–H groups in total. The molecule has 0 aliphatic rings. The van der Waals surface area contributed by atoms with Gasteiger partial charge in [0.05, 0.1) is 26.4 Å². The number of aliphatic hydroxyl groups excluding tert-OH is 3. The maximum absolute atomic E-state index is 13.2. The smallest absolute Gasteiger partial charge is 0.346 e. The minimum atomic E-state index is -3.35. The lowest BCUT2D eigenvalue weighted by Gasteiger charge is -2.37. The van der Waals surface area contributed by atoms with Crippen molar-refractivity contribution in [1.82, 2.24) is 24.0 Å². The molecule has 0 unspecified atom stereocenters. The first kappa shape index (κ1) is 81.6. The Morgan fingerprint density at radius 2 is 0.649 bits per heavy atom. The fourth-order valence-electron chi connectivity index (χ4n) is 3.17. The molecule has 0 spiro atoms. The van der Waals surface area contributed by atoms with Crippen LogP contribution in [-0.4, -0.2) is 185 Å². The zero-order valence-electron chi connectivity index (χ0n) is 28.9. The standard InChI is InChI=1S/C10H21Cl4N2O3P.C8H16Cl5N2OP.C4H9Cl2N.C2H6O2.4CH4.Cl3OP/c11-1-5-15(6-2-12)20(18,19-10-9-17)16(7-3-13)8-4-14;9-1-5-14(6-2-10)17(13,16)15(7-3-11)8-4-12;5-1-3-7-4-2-6;3-1-2-4;;;;;1-5(2,3)4/h17H,1-10H2;1-8H2;7H,1-4H2;3-4H,1-2H2;4*1H4;. The van der Waals surface area contributed by atoms with Gasteiger partial charge in [-0.05, 0) is 45.0 Å². The van der Waals surface area contributed by atoms with E-state index in [1.165, 1.54) is 0 Å². The lowest BCUT2D eigenvalue weighted by Crippen LogP contribution is -2.37. The van der Waals surface area contributed by atoms with Gasteiger partial charge in [0.1, 0.15) is 0 Å². The van der Waals surface area contributed by atoms with Crippen molar-refractivity contribution < 1.29 is 33.5 Å². The summed E-state index contributed by atoms with van der Waals surface area (Å²) in [5, 5.41) is 24.0. The summed E-state index contributed by atoms with van der Waals surface area (Å²) in [5.74, 6) is 3.84. The van der Waals surface area contributed by atoms with Crippen molar-refractivity contribution in [3.8, 4) is 0 Å². The zero-order chi connectivity index (χ0) is 42.2. The van der Waals surface area contributed by atoms with Gasteiger partial charge < -0.3 is 25.2 Å². The average Bonchev–Trinajstić information content (AvgIpc) is 3.10. The highest BCUT2D eigenvalue weighted by molar-refractivity contribution is 8.24. The van der Waals surface area contributed by atoms with E-state index in [1.807, 2.05) is 0 Å². The molecule has 0 rings (SSSR count). The summed E-state index contributed by atoms with van der Waals surface area (Å²) < 4.78 is 47.1. The van der Waals surface area contributed by atoms with Gasteiger partial charge in [0, 0.05) is 124 Å². The van der Waals surface area contributed by atoms with Crippen molar-refractivity contribution in [2.45, 2.75) is 29.7 Å². The second-order valence-electron chi connectivity index (χ2n) is 8.82. The summed E-state index contributed by atoms with van der Waals surface area (Å²) in [6.07, 6.45) is 0. The van der Waals surface area contributed by atoms with Crippen LogP contribution in [0.1, 0.15) is 29.7 Å². The van der Waals surface area contributed by atoms with Crippen molar-refractivity contribution in [3.05, 3.63) is 0 Å². The largest absolute Gasteiger partial charge is 0.394 e. The maximum atomic E-state index is 13.2. The number of halogens is 14. The highest BCUT2D eigenvalue weighted by Gasteiger charge is 2.38. The van der Waals surface area contributed by atoms with Crippen LogP contribution < -0.4 is 5.32 Å². The van der Waals surface area contributed by atoms with Crippen LogP contribution in [0, 0.1) is 0 Å². The first-order valence-corrected chi connectivity index (χ1v) is 29.2. The summed E-state index contributed by atoms with van der Waals surface area (Å²) >= 11 is 76.3. The Hall–Kier alpha value is 4.39. The molecule has 0 aromatic heterocycles. The number of alkyl halides is 10. The van der Waals surface area contributed by atoms with Crippen LogP contribution in [0.4, 0.5) is 0 Å². The van der Waals surface area contributed by atoms with E-state index in [0.717, 1.165) is 13.1 Å². The molecule has 0 radical (unpaired) electrons. The molecule has 0 aromatic carbocycles. The molecular weight excluding hydrogens is 1110 g/mol. The number of hydrogen-bond acceptors (Lipinski definition) is 8. The van der Waals surface area contributed by atoms with Crippen LogP contribution in [-0.2, 0) is 18.2 Å². The van der Waals surface area contributed by atoms with Crippen LogP contribution in [0.25, 0.3) is 0 Å². The van der Waals surface area contributed by atoms with Crippen LogP contribution in [0.2, 0.25) is 0 Å². The van der Waals surface area contributed by atoms with E-state index in [4.69, 9.17) is 147 Å². The molecule has 0 fully saturated rings. The highest BCUT2D eigenvalue weighted by atomic mass is 36.0. The summed E-state index contributed by atoms with van der Waals surface area (Å²) in [6, 6.07) is 0. The van der Waals surface area contributed by atoms with Gasteiger partial charge in [-0.15, -0.1) is 116 Å². The molecule has 0 aliphatic heterocycles. The molecule has 0 heterocycles. The first-order valence-electron chi connectivity index (χ1n) is 15.4. The van der Waals surface area contributed by atoms with E-state index in [-0.39, 0.29) is 56.1 Å². The second-order valence-corrected chi connectivity index (χ2v) is 25.0. The van der Waals surface area contributed by atoms with E-state index < -0.39 is 19.7 Å². The molecule has 12 nitrogen and oxygen atoms in total. The van der Waals surface area contributed by atoms with E-state index >= 15 is 0 Å². The molecular formula is C28H68Cl14N5O7P3. The lowest BCUT2D eigenvalue weighted by atomic mass is 10.6. The fourth-order valence-corrected chi connectivity index (χ4v) is 11.1. The van der Waals surface area contributed by atoms with Crippen molar-refractivity contribution in [2.75, 3.05) is 151 Å². The molecule has 0 saturated heterocycles. The minimum Gasteiger partial charge on any atom is -0.394 e. The normalized spacial score (nSPS) is 10.9. The number of nitrogens with zero attached hydrogens (tertiary/aromatic N) is 4. The van der Waals surface area contributed by atoms with E-state index in [2.05, 4.69) is 39.0 Å². The van der Waals surface area contributed by atoms with Gasteiger partial charge in [0.2, 0.25) is 0 Å². The maximum Gasteiger partial charge on any atom is 0.346 e. The highest BCUT2D eigenvalue weighted by Crippen LogP contribution is 2.61. The zero-order valence-corrected chi connectivity index (χ0v) is 42.1. The minimum absolute atomic E-state index is 0. The van der Waals surface area contributed by atoms with E-state index in [1.54, 1.807) is 18.7 Å². The molecule has 0 atom stereocenters. The molecule has 0 aromatic rings. The van der Waals surface area contributed by atoms with Gasteiger partial charge in [0.25, 0.3) is 0 Å². The van der Waals surface area contributed by atoms with Crippen LogP contribution in [0.15, 0.2) is 0 Å². The Balaban J connectivity index is -0.0000000800. The molecule has 0 saturated carbocycles. The van der Waals surface area contributed by atoms with Gasteiger partial charge in [-0.25, -0.2) is 18.7 Å². The van der Waals surface area contributed by atoms with Crippen LogP contribution >= 0.6 is 181 Å². The van der Waals surface area contributed by atoms with Crippen molar-refractivity contribution >= 4 is 181 Å². The Bertz CT molecular complexity index is 834. The second kappa shape index (κ2) is 58.4. The predicted octanol–water partition coefficient (Wildman–Crippen LogP) is 11.9. The van der Waals surface area contributed by atoms with Crippen molar-refractivity contribution in [3.63, 3.8) is 0 Å². The quantitative estimate of drug-likeness (QED) is 0.0336. The molecule has 0 amide bonds. The third kappa shape index (κ3) is 52.9. The summed E-state index contributed by atoms with van der Waals surface area (Å²) in [4.78, 5) is 0. The van der Waals surface area contributed by atoms with Gasteiger partial charge in [-0.2, -0.15) is 0 Å². The topological polar surface area (TPSA) is 146 Å². The average molecular weight is 1180 g/mol. The third-order valence-electron chi connectivity index (χ3n) is 5.15. The van der Waals surface area contributed by atoms with Crippen LogP contribution in [0.3, 0.4) is 0 Å². The van der Waals surface area contributed by atoms with Crippen LogP contribution in [0.5, 0.6) is 0 Å². The third-order valence-corrected chi connectivity index (χ3v) is 13.1. The number of hydrogen-bond donors (Lipinski definition) is 4. The van der Waals surface area contributed by atoms with Crippen molar-refractivity contribution in [1.29, 1.82) is 0 Å². The Morgan fingerprint density at radius 1 is 0.421 bits per heavy atom. The number of nitrogens with one attached hydrogen (secondary N) is 1. The van der Waals surface area contributed by atoms with E-state index in [0.29, 0.717) is 111 Å². The van der Waals surface area contributed by atoms with Gasteiger partial charge in [0.15, 0.2) is 0 Å². The van der Waals surface area contributed by atoms with E-state index in [9.17, 15) is 13.7 Å². The Morgan fingerprint density at radius 3 is 0.825 bits per heavy atom. The summed E-state index contributed by atoms with van der Waals surface area (Å²) in [5.41, 5.74) is 0. The fraction of sp³-hybridized carbons (Fsp3) is 1.00. The predicted molar refractivity (Wildman–Crippen MR) is 267 cm³/mol. The van der Waals surface area contributed by atoms with Crippen molar-refractivity contribution in [2.24, 2.45) is 0 Å². The lowest BCUT2D eigenvalue weighted by molar-refractivity contribution is 0.165. The number of aliphatic hydroxyl groups is 3. The summed E-state index contributed by atoms with van der Waals surface area (Å²) in [7, 11) is -3.35. The monoisotopic (exact) mass is 1170 g/mol. The summed E-state index contributed by atoms with van der Waals surface area (Å²) in [6.45, 7) is 1.10. The first-order chi connectivity index (χ1) is 25.0. The molecule has 57 heavy (non-hydrogen) atoms. The molecule has 360 valence electrons. The SMILES string of the molecule is C.C.C.C.ClCCNCCCl.O=P(Cl)(Cl)Cl.O=P(Cl)(N(CCCl)CCCl)N(CCCl)CCCl.O=P(OCCO)(N(CCCl)CCCl)N(CCCl)CCCl.OCCO. The van der Waals surface area contributed by atoms with Gasteiger partial charge in [-0.3, -0.25) is 13.7 Å². The Kier molecular flexibility index (Phi) is 83.6. The van der Waals surface area contributed by atoms with Gasteiger partial charge >= 0.3 is 19.7 Å².